The monoisotopic (exact) mass is 491 g/mol. The molecule has 0 aliphatic heterocycles. The number of benzene rings is 2. The van der Waals surface area contributed by atoms with E-state index in [0.29, 0.717) is 17.8 Å². The Morgan fingerprint density at radius 3 is 1.70 bits per heavy atom. The van der Waals surface area contributed by atoms with Gasteiger partial charge in [-0.25, -0.2) is 21.6 Å². The number of nitrogens with zero attached hydrogens (tertiary/aromatic N) is 1. The number of anilines is 1. The average molecular weight is 492 g/mol. The van der Waals surface area contributed by atoms with Crippen molar-refractivity contribution in [3.05, 3.63) is 58.6 Å². The molecule has 11 heteroatoms. The molecule has 4 aliphatic carbocycles. The van der Waals surface area contributed by atoms with Crippen LogP contribution in [0.4, 0.5) is 11.4 Å². The highest BCUT2D eigenvalue weighted by atomic mass is 32.2. The zero-order chi connectivity index (χ0) is 23.4. The summed E-state index contributed by atoms with van der Waals surface area (Å²) in [5.41, 5.74) is -0.374. The molecule has 0 heterocycles. The van der Waals surface area contributed by atoms with Crippen LogP contribution < -0.4 is 9.44 Å². The van der Waals surface area contributed by atoms with E-state index >= 15 is 0 Å². The van der Waals surface area contributed by atoms with Gasteiger partial charge in [0, 0.05) is 23.4 Å². The van der Waals surface area contributed by atoms with Crippen LogP contribution in [0.25, 0.3) is 0 Å². The van der Waals surface area contributed by atoms with E-state index in [1.54, 1.807) is 0 Å². The lowest BCUT2D eigenvalue weighted by molar-refractivity contribution is -0.384. The summed E-state index contributed by atoms with van der Waals surface area (Å²) >= 11 is 0. The van der Waals surface area contributed by atoms with Crippen LogP contribution >= 0.6 is 0 Å². The summed E-state index contributed by atoms with van der Waals surface area (Å²) in [4.78, 5) is 10.1. The minimum absolute atomic E-state index is 0.0940. The van der Waals surface area contributed by atoms with Crippen LogP contribution in [-0.2, 0) is 20.0 Å². The van der Waals surface area contributed by atoms with E-state index in [0.717, 1.165) is 43.5 Å². The minimum Gasteiger partial charge on any atom is -0.280 e. The maximum absolute atomic E-state index is 13.1. The number of nitro groups is 1. The largest absolute Gasteiger partial charge is 0.280 e. The molecule has 33 heavy (non-hydrogen) atoms. The van der Waals surface area contributed by atoms with Gasteiger partial charge in [0.15, 0.2) is 0 Å². The number of nitro benzene ring substituents is 1. The molecule has 0 spiro atoms. The van der Waals surface area contributed by atoms with Gasteiger partial charge in [-0.3, -0.25) is 14.8 Å². The Morgan fingerprint density at radius 2 is 1.21 bits per heavy atom. The highest BCUT2D eigenvalue weighted by molar-refractivity contribution is 7.92. The van der Waals surface area contributed by atoms with Crippen molar-refractivity contribution in [2.45, 2.75) is 53.9 Å². The molecular formula is C22H25N3O6S2. The Balaban J connectivity index is 1.30. The minimum atomic E-state index is -3.98. The molecule has 0 amide bonds. The standard InChI is InChI=1S/C22H25N3O6S2/c26-25(27)19-3-7-20(8-4-19)32(28,29)23-18-1-5-21(6-2-18)33(30,31)24-22-12-15-9-16(13-22)11-17(10-15)14-22/h1-8,15-17,23-24H,9-14H2. The zero-order valence-corrected chi connectivity index (χ0v) is 19.4. The van der Waals surface area contributed by atoms with E-state index < -0.39 is 25.0 Å². The van der Waals surface area contributed by atoms with Crippen molar-refractivity contribution in [2.75, 3.05) is 4.72 Å². The number of nitrogens with one attached hydrogen (secondary N) is 2. The van der Waals surface area contributed by atoms with Crippen LogP contribution in [-0.4, -0.2) is 27.3 Å². The maximum Gasteiger partial charge on any atom is 0.269 e. The molecule has 0 atom stereocenters. The first-order valence-corrected chi connectivity index (χ1v) is 13.9. The molecule has 2 aromatic carbocycles. The highest BCUT2D eigenvalue weighted by Crippen LogP contribution is 2.56. The Morgan fingerprint density at radius 1 is 0.758 bits per heavy atom. The molecule has 4 saturated carbocycles. The molecule has 0 saturated heterocycles. The van der Waals surface area contributed by atoms with Gasteiger partial charge < -0.3 is 0 Å². The van der Waals surface area contributed by atoms with Gasteiger partial charge in [0.2, 0.25) is 10.0 Å². The quantitative estimate of drug-likeness (QED) is 0.448. The van der Waals surface area contributed by atoms with Gasteiger partial charge >= 0.3 is 0 Å². The first-order chi connectivity index (χ1) is 15.5. The van der Waals surface area contributed by atoms with E-state index in [-0.39, 0.29) is 26.7 Å². The molecule has 4 fully saturated rings. The Bertz CT molecular complexity index is 1250. The van der Waals surface area contributed by atoms with E-state index in [2.05, 4.69) is 9.44 Å². The predicted molar refractivity (Wildman–Crippen MR) is 122 cm³/mol. The van der Waals surface area contributed by atoms with Crippen molar-refractivity contribution < 1.29 is 21.8 Å². The SMILES string of the molecule is O=[N+]([O-])c1ccc(S(=O)(=O)Nc2ccc(S(=O)(=O)NC34CC5CC(CC(C5)C3)C4)cc2)cc1. The summed E-state index contributed by atoms with van der Waals surface area (Å²) in [6, 6.07) is 10.1. The molecular weight excluding hydrogens is 466 g/mol. The molecule has 0 radical (unpaired) electrons. The van der Waals surface area contributed by atoms with Crippen molar-refractivity contribution in [2.24, 2.45) is 17.8 Å². The Hall–Kier alpha value is -2.50. The molecule has 6 rings (SSSR count). The number of rotatable bonds is 7. The van der Waals surface area contributed by atoms with Crippen molar-refractivity contribution in [1.29, 1.82) is 0 Å². The number of hydrogen-bond donors (Lipinski definition) is 2. The van der Waals surface area contributed by atoms with Crippen LogP contribution in [0.3, 0.4) is 0 Å². The Labute approximate surface area is 192 Å². The van der Waals surface area contributed by atoms with Gasteiger partial charge in [0.1, 0.15) is 0 Å². The van der Waals surface area contributed by atoms with Crippen LogP contribution in [0.5, 0.6) is 0 Å². The fraction of sp³-hybridized carbons (Fsp3) is 0.455. The van der Waals surface area contributed by atoms with Crippen molar-refractivity contribution in [3.8, 4) is 0 Å². The van der Waals surface area contributed by atoms with Crippen LogP contribution in [0.2, 0.25) is 0 Å². The lowest BCUT2D eigenvalue weighted by Gasteiger charge is -2.56. The first kappa shape index (κ1) is 22.3. The normalized spacial score (nSPS) is 28.5. The van der Waals surface area contributed by atoms with Gasteiger partial charge in [-0.15, -0.1) is 0 Å². The molecule has 2 N–H and O–H groups in total. The fourth-order valence-corrected chi connectivity index (χ4v) is 8.73. The summed E-state index contributed by atoms with van der Waals surface area (Å²) in [6.45, 7) is 0. The summed E-state index contributed by atoms with van der Waals surface area (Å²) in [7, 11) is -7.72. The number of sulfonamides is 2. The second-order valence-corrected chi connectivity index (χ2v) is 13.0. The van der Waals surface area contributed by atoms with Gasteiger partial charge in [-0.2, -0.15) is 0 Å². The molecule has 0 unspecified atom stereocenters. The third-order valence-corrected chi connectivity index (χ3v) is 10.2. The highest BCUT2D eigenvalue weighted by Gasteiger charge is 2.52. The summed E-state index contributed by atoms with van der Waals surface area (Å²) in [5, 5.41) is 10.8. The van der Waals surface area contributed by atoms with Crippen molar-refractivity contribution in [1.82, 2.24) is 4.72 Å². The van der Waals surface area contributed by atoms with E-state index in [1.165, 1.54) is 43.5 Å². The second kappa shape index (κ2) is 7.78. The number of non-ortho nitro benzene ring substituents is 1. The fourth-order valence-electron chi connectivity index (χ4n) is 6.24. The van der Waals surface area contributed by atoms with Gasteiger partial charge in [0.05, 0.1) is 14.7 Å². The maximum atomic E-state index is 13.1. The molecule has 2 aromatic rings. The third kappa shape index (κ3) is 4.36. The molecule has 0 aromatic heterocycles. The Kier molecular flexibility index (Phi) is 5.26. The predicted octanol–water partition coefficient (Wildman–Crippen LogP) is 3.64. The van der Waals surface area contributed by atoms with Gasteiger partial charge in [0.25, 0.3) is 15.7 Å². The summed E-state index contributed by atoms with van der Waals surface area (Å²) in [6.07, 6.45) is 6.32. The van der Waals surface area contributed by atoms with Crippen molar-refractivity contribution >= 4 is 31.4 Å². The number of hydrogen-bond acceptors (Lipinski definition) is 6. The second-order valence-electron chi connectivity index (χ2n) is 9.68. The van der Waals surface area contributed by atoms with Crippen molar-refractivity contribution in [3.63, 3.8) is 0 Å². The van der Waals surface area contributed by atoms with E-state index in [4.69, 9.17) is 0 Å². The van der Waals surface area contributed by atoms with E-state index in [9.17, 15) is 26.9 Å². The van der Waals surface area contributed by atoms with Crippen LogP contribution in [0.15, 0.2) is 58.3 Å². The molecule has 4 bridgehead atoms. The lowest BCUT2D eigenvalue weighted by atomic mass is 9.53. The lowest BCUT2D eigenvalue weighted by Crippen LogP contribution is -2.59. The zero-order valence-electron chi connectivity index (χ0n) is 17.8. The molecule has 9 nitrogen and oxygen atoms in total. The van der Waals surface area contributed by atoms with Gasteiger partial charge in [-0.1, -0.05) is 0 Å². The molecule has 4 aliphatic rings. The topological polar surface area (TPSA) is 135 Å². The van der Waals surface area contributed by atoms with Gasteiger partial charge in [-0.05, 0) is 92.7 Å². The molecule has 176 valence electrons. The summed E-state index contributed by atoms with van der Waals surface area (Å²) < 4.78 is 56.8. The first-order valence-electron chi connectivity index (χ1n) is 10.9. The third-order valence-electron chi connectivity index (χ3n) is 7.16. The smallest absolute Gasteiger partial charge is 0.269 e. The van der Waals surface area contributed by atoms with Crippen LogP contribution in [0, 0.1) is 27.9 Å². The average Bonchev–Trinajstić information content (AvgIpc) is 2.72. The summed E-state index contributed by atoms with van der Waals surface area (Å²) in [5.74, 6) is 1.82. The van der Waals surface area contributed by atoms with Crippen LogP contribution in [0.1, 0.15) is 38.5 Å². The van der Waals surface area contributed by atoms with E-state index in [1.807, 2.05) is 0 Å².